The Labute approximate surface area is 94.8 Å². The van der Waals surface area contributed by atoms with Gasteiger partial charge in [0, 0.05) is 19.1 Å². The Balaban J connectivity index is 2.47. The minimum Gasteiger partial charge on any atom is -0.381 e. The van der Waals surface area contributed by atoms with Gasteiger partial charge in [0.15, 0.2) is 0 Å². The monoisotopic (exact) mass is 213 g/mol. The fourth-order valence-electron chi connectivity index (χ4n) is 2.81. The lowest BCUT2D eigenvalue weighted by Gasteiger charge is -2.36. The highest BCUT2D eigenvalue weighted by atomic mass is 16.5. The summed E-state index contributed by atoms with van der Waals surface area (Å²) < 4.78 is 5.63. The van der Waals surface area contributed by atoms with Crippen LogP contribution < -0.4 is 5.32 Å². The lowest BCUT2D eigenvalue weighted by Crippen LogP contribution is -2.44. The molecule has 0 aromatic rings. The Hall–Kier alpha value is -0.0800. The van der Waals surface area contributed by atoms with Crippen molar-refractivity contribution < 1.29 is 4.74 Å². The first-order chi connectivity index (χ1) is 7.33. The summed E-state index contributed by atoms with van der Waals surface area (Å²) in [5.41, 5.74) is 0. The molecule has 2 nitrogen and oxygen atoms in total. The first-order valence-corrected chi connectivity index (χ1v) is 6.59. The maximum Gasteiger partial charge on any atom is 0.0614 e. The van der Waals surface area contributed by atoms with E-state index in [2.05, 4.69) is 19.2 Å². The van der Waals surface area contributed by atoms with Crippen molar-refractivity contribution in [1.82, 2.24) is 5.32 Å². The summed E-state index contributed by atoms with van der Waals surface area (Å²) in [5.74, 6) is 0.736. The SMILES string of the molecule is CCCNC(CC)C1CCCCC1OC. The average Bonchev–Trinajstić information content (AvgIpc) is 2.30. The Bertz CT molecular complexity index is 161. The van der Waals surface area contributed by atoms with Gasteiger partial charge in [0.1, 0.15) is 0 Å². The van der Waals surface area contributed by atoms with Crippen LogP contribution >= 0.6 is 0 Å². The van der Waals surface area contributed by atoms with E-state index >= 15 is 0 Å². The summed E-state index contributed by atoms with van der Waals surface area (Å²) in [6, 6.07) is 0.662. The predicted molar refractivity (Wildman–Crippen MR) is 65.1 cm³/mol. The number of hydrogen-bond donors (Lipinski definition) is 1. The van der Waals surface area contributed by atoms with Crippen LogP contribution in [0.2, 0.25) is 0 Å². The van der Waals surface area contributed by atoms with E-state index in [9.17, 15) is 0 Å². The van der Waals surface area contributed by atoms with Gasteiger partial charge >= 0.3 is 0 Å². The minimum absolute atomic E-state index is 0.494. The zero-order valence-corrected chi connectivity index (χ0v) is 10.6. The van der Waals surface area contributed by atoms with Crippen molar-refractivity contribution in [2.75, 3.05) is 13.7 Å². The van der Waals surface area contributed by atoms with Gasteiger partial charge in [-0.2, -0.15) is 0 Å². The highest BCUT2D eigenvalue weighted by Gasteiger charge is 2.30. The summed E-state index contributed by atoms with van der Waals surface area (Å²) in [6.45, 7) is 5.66. The Morgan fingerprint density at radius 3 is 2.60 bits per heavy atom. The Morgan fingerprint density at radius 2 is 2.00 bits per heavy atom. The standard InChI is InChI=1S/C13H27NO/c1-4-10-14-12(5-2)11-8-6-7-9-13(11)15-3/h11-14H,4-10H2,1-3H3. The number of hydrogen-bond acceptors (Lipinski definition) is 2. The molecule has 3 unspecified atom stereocenters. The minimum atomic E-state index is 0.494. The van der Waals surface area contributed by atoms with Crippen molar-refractivity contribution in [3.05, 3.63) is 0 Å². The topological polar surface area (TPSA) is 21.3 Å². The van der Waals surface area contributed by atoms with Gasteiger partial charge in [-0.1, -0.05) is 26.7 Å². The largest absolute Gasteiger partial charge is 0.381 e. The molecule has 1 saturated carbocycles. The van der Waals surface area contributed by atoms with E-state index in [1.165, 1.54) is 38.5 Å². The zero-order chi connectivity index (χ0) is 11.1. The van der Waals surface area contributed by atoms with Crippen molar-refractivity contribution in [2.24, 2.45) is 5.92 Å². The maximum absolute atomic E-state index is 5.63. The van der Waals surface area contributed by atoms with Crippen molar-refractivity contribution in [3.63, 3.8) is 0 Å². The third-order valence-corrected chi connectivity index (χ3v) is 3.67. The average molecular weight is 213 g/mol. The van der Waals surface area contributed by atoms with E-state index in [0.29, 0.717) is 12.1 Å². The molecule has 90 valence electrons. The fraction of sp³-hybridized carbons (Fsp3) is 1.00. The van der Waals surface area contributed by atoms with Crippen LogP contribution in [0.5, 0.6) is 0 Å². The van der Waals surface area contributed by atoms with Crippen LogP contribution in [0, 0.1) is 5.92 Å². The van der Waals surface area contributed by atoms with Gasteiger partial charge in [-0.25, -0.2) is 0 Å². The fourth-order valence-corrected chi connectivity index (χ4v) is 2.81. The Morgan fingerprint density at radius 1 is 1.27 bits per heavy atom. The van der Waals surface area contributed by atoms with E-state index in [-0.39, 0.29) is 0 Å². The molecule has 0 saturated heterocycles. The van der Waals surface area contributed by atoms with Crippen molar-refractivity contribution in [1.29, 1.82) is 0 Å². The van der Waals surface area contributed by atoms with Gasteiger partial charge in [0.25, 0.3) is 0 Å². The van der Waals surface area contributed by atoms with Gasteiger partial charge < -0.3 is 10.1 Å². The van der Waals surface area contributed by atoms with E-state index in [1.807, 2.05) is 7.11 Å². The molecule has 0 aliphatic heterocycles. The second-order valence-corrected chi connectivity index (χ2v) is 4.69. The van der Waals surface area contributed by atoms with E-state index in [0.717, 1.165) is 12.5 Å². The van der Waals surface area contributed by atoms with Gasteiger partial charge in [-0.3, -0.25) is 0 Å². The molecule has 2 heteroatoms. The highest BCUT2D eigenvalue weighted by molar-refractivity contribution is 4.84. The third-order valence-electron chi connectivity index (χ3n) is 3.67. The van der Waals surface area contributed by atoms with Crippen LogP contribution in [0.3, 0.4) is 0 Å². The summed E-state index contributed by atoms with van der Waals surface area (Å²) in [6.07, 6.45) is 8.27. The van der Waals surface area contributed by atoms with Crippen molar-refractivity contribution in [3.8, 4) is 0 Å². The second kappa shape index (κ2) is 7.24. The van der Waals surface area contributed by atoms with Crippen LogP contribution in [0.15, 0.2) is 0 Å². The smallest absolute Gasteiger partial charge is 0.0614 e. The molecule has 0 aromatic heterocycles. The molecule has 1 fully saturated rings. The lowest BCUT2D eigenvalue weighted by molar-refractivity contribution is 0.00729. The summed E-state index contributed by atoms with van der Waals surface area (Å²) in [4.78, 5) is 0. The highest BCUT2D eigenvalue weighted by Crippen LogP contribution is 2.30. The molecule has 0 aromatic carbocycles. The number of ether oxygens (including phenoxy) is 1. The van der Waals surface area contributed by atoms with Gasteiger partial charge in [-0.15, -0.1) is 0 Å². The molecule has 15 heavy (non-hydrogen) atoms. The molecule has 1 N–H and O–H groups in total. The van der Waals surface area contributed by atoms with Crippen LogP contribution in [0.25, 0.3) is 0 Å². The molecule has 0 radical (unpaired) electrons. The van der Waals surface area contributed by atoms with E-state index < -0.39 is 0 Å². The van der Waals surface area contributed by atoms with Gasteiger partial charge in [-0.05, 0) is 32.2 Å². The van der Waals surface area contributed by atoms with Crippen molar-refractivity contribution in [2.45, 2.75) is 64.5 Å². The first kappa shape index (κ1) is 13.0. The Kier molecular flexibility index (Phi) is 6.26. The van der Waals surface area contributed by atoms with Crippen molar-refractivity contribution >= 4 is 0 Å². The zero-order valence-electron chi connectivity index (χ0n) is 10.6. The molecule has 0 amide bonds. The molecule has 1 aliphatic rings. The summed E-state index contributed by atoms with van der Waals surface area (Å²) in [7, 11) is 1.87. The first-order valence-electron chi connectivity index (χ1n) is 6.59. The molecule has 1 aliphatic carbocycles. The lowest BCUT2D eigenvalue weighted by atomic mass is 9.80. The second-order valence-electron chi connectivity index (χ2n) is 4.69. The number of methoxy groups -OCH3 is 1. The normalized spacial score (nSPS) is 29.0. The quantitative estimate of drug-likeness (QED) is 0.732. The molecular weight excluding hydrogens is 186 g/mol. The molecule has 1 rings (SSSR count). The molecule has 0 spiro atoms. The van der Waals surface area contributed by atoms with Crippen LogP contribution in [0.1, 0.15) is 52.4 Å². The summed E-state index contributed by atoms with van der Waals surface area (Å²) in [5, 5.41) is 3.67. The maximum atomic E-state index is 5.63. The molecule has 0 heterocycles. The van der Waals surface area contributed by atoms with Gasteiger partial charge in [0.05, 0.1) is 6.10 Å². The molecular formula is C13H27NO. The predicted octanol–water partition coefficient (Wildman–Crippen LogP) is 2.97. The van der Waals surface area contributed by atoms with Gasteiger partial charge in [0.2, 0.25) is 0 Å². The molecule has 0 bridgehead atoms. The summed E-state index contributed by atoms with van der Waals surface area (Å²) >= 11 is 0. The van der Waals surface area contributed by atoms with Crippen LogP contribution in [-0.2, 0) is 4.74 Å². The number of rotatable bonds is 6. The van der Waals surface area contributed by atoms with Crippen LogP contribution in [0.4, 0.5) is 0 Å². The number of nitrogens with one attached hydrogen (secondary N) is 1. The van der Waals surface area contributed by atoms with E-state index in [1.54, 1.807) is 0 Å². The van der Waals surface area contributed by atoms with E-state index in [4.69, 9.17) is 4.74 Å². The molecule has 3 atom stereocenters. The third kappa shape index (κ3) is 3.76. The van der Waals surface area contributed by atoms with Crippen LogP contribution in [-0.4, -0.2) is 25.8 Å².